The third-order valence-corrected chi connectivity index (χ3v) is 4.65. The van der Waals surface area contributed by atoms with Crippen molar-refractivity contribution >= 4 is 5.96 Å². The number of hydrogen-bond donors (Lipinski definition) is 2. The van der Waals surface area contributed by atoms with E-state index in [1.807, 2.05) is 30.3 Å². The molecule has 7 nitrogen and oxygen atoms in total. The fourth-order valence-electron chi connectivity index (χ4n) is 3.08. The largest absolute Gasteiger partial charge is 0.496 e. The number of para-hydroxylation sites is 1. The highest BCUT2D eigenvalue weighted by molar-refractivity contribution is 5.79. The third-order valence-electron chi connectivity index (χ3n) is 4.65. The van der Waals surface area contributed by atoms with Crippen LogP contribution in [0.3, 0.4) is 0 Å². The summed E-state index contributed by atoms with van der Waals surface area (Å²) in [5.41, 5.74) is 2.14. The summed E-state index contributed by atoms with van der Waals surface area (Å²) in [6, 6.07) is 11.9. The first-order valence-electron chi connectivity index (χ1n) is 9.44. The van der Waals surface area contributed by atoms with Gasteiger partial charge >= 0.3 is 0 Å². The molecule has 0 fully saturated rings. The van der Waals surface area contributed by atoms with Gasteiger partial charge in [0.15, 0.2) is 17.5 Å². The number of guanidine groups is 1. The van der Waals surface area contributed by atoms with Crippen LogP contribution in [0, 0.1) is 0 Å². The molecule has 2 aromatic rings. The van der Waals surface area contributed by atoms with Gasteiger partial charge in [-0.3, -0.25) is 4.99 Å². The van der Waals surface area contributed by atoms with Crippen LogP contribution in [0.25, 0.3) is 0 Å². The van der Waals surface area contributed by atoms with Gasteiger partial charge in [0.25, 0.3) is 0 Å². The second-order valence-corrected chi connectivity index (χ2v) is 6.48. The van der Waals surface area contributed by atoms with E-state index in [1.165, 1.54) is 0 Å². The highest BCUT2D eigenvalue weighted by atomic mass is 16.5. The quantitative estimate of drug-likeness (QED) is 0.497. The van der Waals surface area contributed by atoms with Crippen molar-refractivity contribution in [3.63, 3.8) is 0 Å². The number of nitrogens with zero attached hydrogens (tertiary/aromatic N) is 1. The molecule has 0 saturated heterocycles. The van der Waals surface area contributed by atoms with Crippen molar-refractivity contribution in [1.29, 1.82) is 0 Å². The number of ether oxygens (including phenoxy) is 4. The van der Waals surface area contributed by atoms with Crippen LogP contribution in [0.2, 0.25) is 0 Å². The standard InChI is InChI=1S/C22H31N3O4/c1-15(17-9-7-8-10-18(17)26-3)13-24-22(23-2)25-14-16-11-19(27-4)21(29-6)20(12-16)28-5/h7-12,15H,13-14H2,1-6H3,(H2,23,24,25). The molecule has 0 aliphatic carbocycles. The van der Waals surface area contributed by atoms with Crippen LogP contribution >= 0.6 is 0 Å². The Morgan fingerprint density at radius 3 is 2.07 bits per heavy atom. The van der Waals surface area contributed by atoms with Crippen molar-refractivity contribution in [3.05, 3.63) is 47.5 Å². The van der Waals surface area contributed by atoms with Gasteiger partial charge in [0.05, 0.1) is 28.4 Å². The van der Waals surface area contributed by atoms with Gasteiger partial charge < -0.3 is 29.6 Å². The van der Waals surface area contributed by atoms with Gasteiger partial charge in [-0.25, -0.2) is 0 Å². The van der Waals surface area contributed by atoms with E-state index in [1.54, 1.807) is 35.5 Å². The molecule has 2 rings (SSSR count). The lowest BCUT2D eigenvalue weighted by atomic mass is 10.0. The highest BCUT2D eigenvalue weighted by Gasteiger charge is 2.14. The van der Waals surface area contributed by atoms with Crippen molar-refractivity contribution in [3.8, 4) is 23.0 Å². The van der Waals surface area contributed by atoms with E-state index in [9.17, 15) is 0 Å². The fourth-order valence-corrected chi connectivity index (χ4v) is 3.08. The number of rotatable bonds is 9. The number of methoxy groups -OCH3 is 4. The van der Waals surface area contributed by atoms with Crippen molar-refractivity contribution in [2.45, 2.75) is 19.4 Å². The van der Waals surface area contributed by atoms with Crippen LogP contribution in [0.4, 0.5) is 0 Å². The lowest BCUT2D eigenvalue weighted by molar-refractivity contribution is 0.323. The van der Waals surface area contributed by atoms with E-state index in [0.29, 0.717) is 29.8 Å². The maximum atomic E-state index is 5.46. The van der Waals surface area contributed by atoms with Crippen LogP contribution in [0.15, 0.2) is 41.4 Å². The monoisotopic (exact) mass is 401 g/mol. The Labute approximate surface area is 173 Å². The Morgan fingerprint density at radius 1 is 0.897 bits per heavy atom. The molecular formula is C22H31N3O4. The molecule has 0 aliphatic heterocycles. The molecule has 0 heterocycles. The molecule has 158 valence electrons. The van der Waals surface area contributed by atoms with Gasteiger partial charge in [-0.15, -0.1) is 0 Å². The molecule has 2 N–H and O–H groups in total. The summed E-state index contributed by atoms with van der Waals surface area (Å²) < 4.78 is 21.7. The van der Waals surface area contributed by atoms with Gasteiger partial charge in [0.2, 0.25) is 5.75 Å². The van der Waals surface area contributed by atoms with E-state index in [0.717, 1.165) is 23.4 Å². The average molecular weight is 402 g/mol. The van der Waals surface area contributed by atoms with E-state index in [4.69, 9.17) is 18.9 Å². The van der Waals surface area contributed by atoms with Crippen LogP contribution in [-0.2, 0) is 6.54 Å². The molecule has 29 heavy (non-hydrogen) atoms. The molecule has 1 atom stereocenters. The normalized spacial score (nSPS) is 12.1. The molecule has 0 aromatic heterocycles. The summed E-state index contributed by atoms with van der Waals surface area (Å²) in [5.74, 6) is 3.67. The molecule has 0 radical (unpaired) electrons. The van der Waals surface area contributed by atoms with Crippen molar-refractivity contribution in [2.24, 2.45) is 4.99 Å². The molecule has 2 aromatic carbocycles. The van der Waals surface area contributed by atoms with Crippen molar-refractivity contribution < 1.29 is 18.9 Å². The third kappa shape index (κ3) is 5.70. The van der Waals surface area contributed by atoms with Crippen molar-refractivity contribution in [1.82, 2.24) is 10.6 Å². The Balaban J connectivity index is 2.00. The number of benzene rings is 2. The Hall–Kier alpha value is -3.09. The topological polar surface area (TPSA) is 73.3 Å². The number of nitrogens with one attached hydrogen (secondary N) is 2. The molecule has 0 spiro atoms. The molecule has 0 amide bonds. The predicted octanol–water partition coefficient (Wildman–Crippen LogP) is 3.19. The Morgan fingerprint density at radius 2 is 1.52 bits per heavy atom. The minimum Gasteiger partial charge on any atom is -0.496 e. The maximum Gasteiger partial charge on any atom is 0.203 e. The number of aliphatic imine (C=N–C) groups is 1. The summed E-state index contributed by atoms with van der Waals surface area (Å²) in [7, 11) is 8.24. The minimum absolute atomic E-state index is 0.255. The second-order valence-electron chi connectivity index (χ2n) is 6.48. The lowest BCUT2D eigenvalue weighted by Gasteiger charge is -2.19. The lowest BCUT2D eigenvalue weighted by Crippen LogP contribution is -2.38. The summed E-state index contributed by atoms with van der Waals surface area (Å²) in [4.78, 5) is 4.31. The summed E-state index contributed by atoms with van der Waals surface area (Å²) >= 11 is 0. The van der Waals surface area contributed by atoms with Gasteiger partial charge in [-0.05, 0) is 29.3 Å². The zero-order valence-electron chi connectivity index (χ0n) is 18.0. The molecule has 0 saturated carbocycles. The molecule has 7 heteroatoms. The van der Waals surface area contributed by atoms with Gasteiger partial charge in [-0.2, -0.15) is 0 Å². The van der Waals surface area contributed by atoms with Crippen LogP contribution < -0.4 is 29.6 Å². The smallest absolute Gasteiger partial charge is 0.203 e. The van der Waals surface area contributed by atoms with Crippen LogP contribution in [0.5, 0.6) is 23.0 Å². The summed E-state index contributed by atoms with van der Waals surface area (Å²) in [6.45, 7) is 3.42. The first kappa shape index (κ1) is 22.2. The Bertz CT molecular complexity index is 798. The second kappa shape index (κ2) is 11.0. The predicted molar refractivity (Wildman–Crippen MR) is 116 cm³/mol. The fraction of sp³-hybridized carbons (Fsp3) is 0.409. The van der Waals surface area contributed by atoms with Crippen LogP contribution in [-0.4, -0.2) is 48.0 Å². The first-order chi connectivity index (χ1) is 14.1. The van der Waals surface area contributed by atoms with E-state index in [-0.39, 0.29) is 5.92 Å². The number of hydrogen-bond acceptors (Lipinski definition) is 5. The summed E-state index contributed by atoms with van der Waals surface area (Å²) in [6.07, 6.45) is 0. The molecule has 0 bridgehead atoms. The molecular weight excluding hydrogens is 370 g/mol. The molecule has 1 unspecified atom stereocenters. The van der Waals surface area contributed by atoms with E-state index >= 15 is 0 Å². The van der Waals surface area contributed by atoms with Gasteiger partial charge in [-0.1, -0.05) is 25.1 Å². The summed E-state index contributed by atoms with van der Waals surface area (Å²) in [5, 5.41) is 6.68. The maximum absolute atomic E-state index is 5.46. The average Bonchev–Trinajstić information content (AvgIpc) is 2.77. The van der Waals surface area contributed by atoms with Crippen LogP contribution in [0.1, 0.15) is 24.0 Å². The van der Waals surface area contributed by atoms with Gasteiger partial charge in [0, 0.05) is 26.1 Å². The van der Waals surface area contributed by atoms with E-state index < -0.39 is 0 Å². The zero-order valence-corrected chi connectivity index (χ0v) is 18.0. The SMILES string of the molecule is CN=C(NCc1cc(OC)c(OC)c(OC)c1)NCC(C)c1ccccc1OC. The first-order valence-corrected chi connectivity index (χ1v) is 9.44. The van der Waals surface area contributed by atoms with Gasteiger partial charge in [0.1, 0.15) is 5.75 Å². The van der Waals surface area contributed by atoms with E-state index in [2.05, 4.69) is 28.6 Å². The zero-order chi connectivity index (χ0) is 21.2. The minimum atomic E-state index is 0.255. The van der Waals surface area contributed by atoms with Crippen molar-refractivity contribution in [2.75, 3.05) is 42.0 Å². The highest BCUT2D eigenvalue weighted by Crippen LogP contribution is 2.38. The molecule has 0 aliphatic rings. The Kier molecular flexibility index (Phi) is 8.45.